The highest BCUT2D eigenvalue weighted by atomic mass is 32.2. The van der Waals surface area contributed by atoms with Crippen molar-refractivity contribution in [2.24, 2.45) is 0 Å². The molecule has 0 unspecified atom stereocenters. The molecule has 0 amide bonds. The molecule has 2 aromatic carbocycles. The zero-order chi connectivity index (χ0) is 22.0. The number of rotatable bonds is 6. The molecule has 31 heavy (non-hydrogen) atoms. The Morgan fingerprint density at radius 1 is 1.06 bits per heavy atom. The number of sulfonamides is 1. The lowest BCUT2D eigenvalue weighted by molar-refractivity contribution is 0.406. The van der Waals surface area contributed by atoms with Crippen molar-refractivity contribution >= 4 is 21.4 Å². The van der Waals surface area contributed by atoms with Crippen LogP contribution in [0.5, 0.6) is 5.75 Å². The number of benzene rings is 2. The van der Waals surface area contributed by atoms with Gasteiger partial charge in [-0.15, -0.1) is 0 Å². The summed E-state index contributed by atoms with van der Waals surface area (Å²) in [5.41, 5.74) is 2.94. The lowest BCUT2D eigenvalue weighted by Crippen LogP contribution is -2.54. The Hall–Kier alpha value is -2.97. The third kappa shape index (κ3) is 4.70. The van der Waals surface area contributed by atoms with Crippen molar-refractivity contribution in [2.45, 2.75) is 30.8 Å². The van der Waals surface area contributed by atoms with Crippen LogP contribution in [0.1, 0.15) is 13.8 Å². The van der Waals surface area contributed by atoms with Gasteiger partial charge in [0.05, 0.1) is 30.2 Å². The van der Waals surface area contributed by atoms with Gasteiger partial charge in [-0.3, -0.25) is 4.72 Å². The lowest BCUT2D eigenvalue weighted by Gasteiger charge is -2.38. The molecule has 8 heteroatoms. The summed E-state index contributed by atoms with van der Waals surface area (Å²) >= 11 is 0. The second-order valence-corrected chi connectivity index (χ2v) is 9.59. The highest BCUT2D eigenvalue weighted by Gasteiger charge is 2.23. The van der Waals surface area contributed by atoms with Crippen LogP contribution in [-0.2, 0) is 10.0 Å². The zero-order valence-electron chi connectivity index (χ0n) is 17.8. The molecule has 0 radical (unpaired) electrons. The van der Waals surface area contributed by atoms with Gasteiger partial charge in [-0.25, -0.2) is 8.42 Å². The van der Waals surface area contributed by atoms with E-state index in [1.165, 1.54) is 7.11 Å². The molecule has 1 aliphatic heterocycles. The Labute approximate surface area is 183 Å². The van der Waals surface area contributed by atoms with Gasteiger partial charge >= 0.3 is 0 Å². The summed E-state index contributed by atoms with van der Waals surface area (Å²) in [7, 11) is -2.29. The van der Waals surface area contributed by atoms with Crippen LogP contribution in [0.15, 0.2) is 70.4 Å². The summed E-state index contributed by atoms with van der Waals surface area (Å²) in [6.45, 7) is 5.97. The van der Waals surface area contributed by atoms with Gasteiger partial charge in [0.15, 0.2) is 0 Å². The van der Waals surface area contributed by atoms with Crippen LogP contribution >= 0.6 is 0 Å². The highest BCUT2D eigenvalue weighted by Crippen LogP contribution is 2.33. The predicted octanol–water partition coefficient (Wildman–Crippen LogP) is 3.94. The topological polar surface area (TPSA) is 83.8 Å². The number of hydrogen-bond acceptors (Lipinski definition) is 6. The van der Waals surface area contributed by atoms with Gasteiger partial charge in [0.25, 0.3) is 10.0 Å². The summed E-state index contributed by atoms with van der Waals surface area (Å²) in [6.07, 6.45) is 3.14. The third-order valence-electron chi connectivity index (χ3n) is 5.35. The van der Waals surface area contributed by atoms with Crippen LogP contribution in [0.2, 0.25) is 0 Å². The van der Waals surface area contributed by atoms with Gasteiger partial charge in [0.2, 0.25) is 0 Å². The predicted molar refractivity (Wildman–Crippen MR) is 122 cm³/mol. The Balaban J connectivity index is 1.64. The van der Waals surface area contributed by atoms with E-state index in [0.29, 0.717) is 23.5 Å². The molecule has 1 aromatic heterocycles. The fourth-order valence-corrected chi connectivity index (χ4v) is 5.09. The van der Waals surface area contributed by atoms with E-state index in [0.717, 1.165) is 29.9 Å². The van der Waals surface area contributed by atoms with Crippen molar-refractivity contribution in [1.29, 1.82) is 0 Å². The molecule has 164 valence electrons. The van der Waals surface area contributed by atoms with E-state index in [1.54, 1.807) is 42.9 Å². The van der Waals surface area contributed by atoms with Gasteiger partial charge < -0.3 is 19.4 Å². The SMILES string of the molecule is COc1ccc(N2C[C@@H](C)N[C@@H](C)C2)cc1NS(=O)(=O)c1cccc(-c2ccoc2)c1. The van der Waals surface area contributed by atoms with Crippen molar-refractivity contribution in [3.05, 3.63) is 61.1 Å². The molecule has 3 aromatic rings. The molecule has 0 bridgehead atoms. The summed E-state index contributed by atoms with van der Waals surface area (Å²) in [5.74, 6) is 0.467. The van der Waals surface area contributed by atoms with E-state index in [1.807, 2.05) is 18.2 Å². The van der Waals surface area contributed by atoms with E-state index in [-0.39, 0.29) is 4.90 Å². The van der Waals surface area contributed by atoms with Crippen LogP contribution in [0.25, 0.3) is 11.1 Å². The molecular formula is C23H27N3O4S. The minimum Gasteiger partial charge on any atom is -0.495 e. The summed E-state index contributed by atoms with van der Waals surface area (Å²) in [4.78, 5) is 2.42. The molecule has 0 saturated carbocycles. The van der Waals surface area contributed by atoms with Gasteiger partial charge in [-0.2, -0.15) is 0 Å². The molecule has 1 aliphatic rings. The number of anilines is 2. The van der Waals surface area contributed by atoms with E-state index in [4.69, 9.17) is 9.15 Å². The van der Waals surface area contributed by atoms with Crippen molar-refractivity contribution in [1.82, 2.24) is 5.32 Å². The first-order valence-electron chi connectivity index (χ1n) is 10.2. The summed E-state index contributed by atoms with van der Waals surface area (Å²) in [5, 5.41) is 3.51. The zero-order valence-corrected chi connectivity index (χ0v) is 18.6. The molecule has 1 fully saturated rings. The second-order valence-electron chi connectivity index (χ2n) is 7.90. The minimum absolute atomic E-state index is 0.170. The van der Waals surface area contributed by atoms with Gasteiger partial charge in [0.1, 0.15) is 5.75 Å². The van der Waals surface area contributed by atoms with Crippen molar-refractivity contribution < 1.29 is 17.6 Å². The fourth-order valence-electron chi connectivity index (χ4n) is 3.99. The molecule has 1 saturated heterocycles. The monoisotopic (exact) mass is 441 g/mol. The van der Waals surface area contributed by atoms with E-state index < -0.39 is 10.0 Å². The van der Waals surface area contributed by atoms with E-state index in [9.17, 15) is 8.42 Å². The first kappa shape index (κ1) is 21.3. The quantitative estimate of drug-likeness (QED) is 0.603. The third-order valence-corrected chi connectivity index (χ3v) is 6.71. The highest BCUT2D eigenvalue weighted by molar-refractivity contribution is 7.92. The molecule has 0 spiro atoms. The van der Waals surface area contributed by atoms with E-state index in [2.05, 4.69) is 28.8 Å². The average molecular weight is 442 g/mol. The largest absolute Gasteiger partial charge is 0.495 e. The van der Waals surface area contributed by atoms with E-state index >= 15 is 0 Å². The smallest absolute Gasteiger partial charge is 0.262 e. The Bertz CT molecular complexity index is 1140. The minimum atomic E-state index is -3.82. The van der Waals surface area contributed by atoms with Crippen LogP contribution < -0.4 is 19.7 Å². The fraction of sp³-hybridized carbons (Fsp3) is 0.304. The Morgan fingerprint density at radius 2 is 1.84 bits per heavy atom. The first-order valence-corrected chi connectivity index (χ1v) is 11.7. The standard InChI is InChI=1S/C23H27N3O4S/c1-16-13-26(14-17(2)24-16)20-7-8-23(29-3)22(12-20)25-31(27,28)21-6-4-5-18(11-21)19-9-10-30-15-19/h4-12,15-17,24-25H,13-14H2,1-3H3/t16-,17+. The van der Waals surface area contributed by atoms with Gasteiger partial charge in [-0.1, -0.05) is 12.1 Å². The number of furan rings is 1. The molecular weight excluding hydrogens is 414 g/mol. The van der Waals surface area contributed by atoms with Gasteiger partial charge in [-0.05, 0) is 55.8 Å². The molecule has 0 aliphatic carbocycles. The number of piperazine rings is 1. The van der Waals surface area contributed by atoms with Crippen molar-refractivity contribution in [3.63, 3.8) is 0 Å². The maximum absolute atomic E-state index is 13.2. The maximum Gasteiger partial charge on any atom is 0.262 e. The summed E-state index contributed by atoms with van der Waals surface area (Å²) < 4.78 is 39.6. The molecule has 2 heterocycles. The first-order chi connectivity index (χ1) is 14.9. The number of ether oxygens (including phenoxy) is 1. The second kappa shape index (κ2) is 8.64. The number of nitrogens with zero attached hydrogens (tertiary/aromatic N) is 1. The van der Waals surface area contributed by atoms with Crippen molar-refractivity contribution in [2.75, 3.05) is 29.8 Å². The average Bonchev–Trinajstić information content (AvgIpc) is 3.28. The summed E-state index contributed by atoms with van der Waals surface area (Å²) in [6, 6.07) is 14.8. The number of nitrogens with one attached hydrogen (secondary N) is 2. The van der Waals surface area contributed by atoms with Crippen LogP contribution in [0.4, 0.5) is 11.4 Å². The van der Waals surface area contributed by atoms with Crippen molar-refractivity contribution in [3.8, 4) is 16.9 Å². The van der Waals surface area contributed by atoms with Crippen LogP contribution in [0.3, 0.4) is 0 Å². The maximum atomic E-state index is 13.2. The number of methoxy groups -OCH3 is 1. The van der Waals surface area contributed by atoms with Crippen LogP contribution in [0, 0.1) is 0 Å². The molecule has 2 N–H and O–H groups in total. The molecule has 7 nitrogen and oxygen atoms in total. The number of hydrogen-bond donors (Lipinski definition) is 2. The normalized spacial score (nSPS) is 19.3. The molecule has 4 rings (SSSR count). The molecule has 2 atom stereocenters. The lowest BCUT2D eigenvalue weighted by atomic mass is 10.1. The van der Waals surface area contributed by atoms with Crippen LogP contribution in [-0.4, -0.2) is 40.7 Å². The van der Waals surface area contributed by atoms with Gasteiger partial charge in [0, 0.05) is 36.4 Å². The Morgan fingerprint density at radius 3 is 2.52 bits per heavy atom. The Kier molecular flexibility index (Phi) is 5.93.